The van der Waals surface area contributed by atoms with Gasteiger partial charge in [-0.1, -0.05) is 12.1 Å². The predicted octanol–water partition coefficient (Wildman–Crippen LogP) is 3.66. The van der Waals surface area contributed by atoms with Crippen LogP contribution in [0.15, 0.2) is 47.1 Å². The van der Waals surface area contributed by atoms with E-state index in [9.17, 15) is 9.18 Å². The minimum atomic E-state index is -1.03. The Balaban J connectivity index is 2.01. The molecule has 0 saturated carbocycles. The van der Waals surface area contributed by atoms with Crippen molar-refractivity contribution in [2.75, 3.05) is 0 Å². The number of aliphatic carboxylic acids is 1. The fraction of sp³-hybridized carbons (Fsp3) is 0.0667. The van der Waals surface area contributed by atoms with E-state index >= 15 is 0 Å². The molecule has 1 aromatic carbocycles. The first-order chi connectivity index (χ1) is 10.1. The highest BCUT2D eigenvalue weighted by Gasteiger charge is 2.05. The summed E-state index contributed by atoms with van der Waals surface area (Å²) < 4.78 is 19.2. The van der Waals surface area contributed by atoms with Crippen LogP contribution in [0.25, 0.3) is 6.08 Å². The quantitative estimate of drug-likeness (QED) is 0.835. The summed E-state index contributed by atoms with van der Waals surface area (Å²) in [6, 6.07) is 8.03. The summed E-state index contributed by atoms with van der Waals surface area (Å²) in [5, 5.41) is 8.51. The topological polar surface area (TPSA) is 59.4 Å². The van der Waals surface area contributed by atoms with Gasteiger partial charge in [-0.25, -0.2) is 9.18 Å². The maximum atomic E-state index is 13.3. The van der Waals surface area contributed by atoms with Crippen LogP contribution in [-0.4, -0.2) is 16.1 Å². The Hall–Kier alpha value is -2.21. The van der Waals surface area contributed by atoms with Gasteiger partial charge in [-0.05, 0) is 40.2 Å². The van der Waals surface area contributed by atoms with Gasteiger partial charge in [-0.3, -0.25) is 4.98 Å². The first-order valence-electron chi connectivity index (χ1n) is 5.99. The molecule has 0 atom stereocenters. The number of hydrogen-bond donors (Lipinski definition) is 1. The zero-order valence-corrected chi connectivity index (χ0v) is 12.4. The molecule has 0 fully saturated rings. The third kappa shape index (κ3) is 4.39. The van der Waals surface area contributed by atoms with Crippen molar-refractivity contribution in [3.8, 4) is 5.75 Å². The predicted molar refractivity (Wildman–Crippen MR) is 79.3 cm³/mol. The van der Waals surface area contributed by atoms with Crippen molar-refractivity contribution in [1.29, 1.82) is 0 Å². The number of nitrogens with zero attached hydrogens (tertiary/aromatic N) is 1. The zero-order chi connectivity index (χ0) is 15.2. The number of carbonyl (C=O) groups is 1. The lowest BCUT2D eigenvalue weighted by molar-refractivity contribution is -0.131. The van der Waals surface area contributed by atoms with Crippen molar-refractivity contribution in [3.05, 3.63) is 64.2 Å². The van der Waals surface area contributed by atoms with Crippen molar-refractivity contribution >= 4 is 28.0 Å². The number of benzene rings is 1. The van der Waals surface area contributed by atoms with Crippen molar-refractivity contribution in [2.24, 2.45) is 0 Å². The number of halogens is 2. The fourth-order valence-corrected chi connectivity index (χ4v) is 1.93. The van der Waals surface area contributed by atoms with Crippen molar-refractivity contribution in [2.45, 2.75) is 6.61 Å². The molecule has 2 rings (SSSR count). The molecular weight excluding hydrogens is 341 g/mol. The molecule has 108 valence electrons. The summed E-state index contributed by atoms with van der Waals surface area (Å²) in [5.41, 5.74) is 1.20. The molecular formula is C15H11BrFNO3. The molecule has 1 heterocycles. The Morgan fingerprint density at radius 3 is 2.86 bits per heavy atom. The van der Waals surface area contributed by atoms with Crippen LogP contribution in [0.4, 0.5) is 4.39 Å². The van der Waals surface area contributed by atoms with E-state index in [0.717, 1.165) is 6.08 Å². The second kappa shape index (κ2) is 6.99. The van der Waals surface area contributed by atoms with Crippen LogP contribution in [0.2, 0.25) is 0 Å². The Labute approximate surface area is 129 Å². The average Bonchev–Trinajstić information content (AvgIpc) is 2.48. The third-order valence-corrected chi connectivity index (χ3v) is 3.47. The van der Waals surface area contributed by atoms with Gasteiger partial charge in [0.15, 0.2) is 0 Å². The van der Waals surface area contributed by atoms with E-state index in [-0.39, 0.29) is 12.4 Å². The molecule has 6 heteroatoms. The van der Waals surface area contributed by atoms with Crippen molar-refractivity contribution < 1.29 is 19.0 Å². The molecule has 0 bridgehead atoms. The van der Waals surface area contributed by atoms with Gasteiger partial charge in [0.25, 0.3) is 0 Å². The van der Waals surface area contributed by atoms with Gasteiger partial charge in [0.1, 0.15) is 18.2 Å². The van der Waals surface area contributed by atoms with Crippen LogP contribution >= 0.6 is 15.9 Å². The highest BCUT2D eigenvalue weighted by molar-refractivity contribution is 9.10. The van der Waals surface area contributed by atoms with Crippen LogP contribution in [0.5, 0.6) is 5.75 Å². The summed E-state index contributed by atoms with van der Waals surface area (Å²) in [4.78, 5) is 14.4. The summed E-state index contributed by atoms with van der Waals surface area (Å²) in [6.45, 7) is 0.199. The van der Waals surface area contributed by atoms with E-state index in [4.69, 9.17) is 9.84 Å². The van der Waals surface area contributed by atoms with Crippen LogP contribution < -0.4 is 4.74 Å². The standard InChI is InChI=1S/C15H11BrFNO3/c16-15-10(2-1-3-13(15)17)9-21-12-6-4-11(18-8-12)5-7-14(19)20/h1-8H,9H2,(H,19,20)/b7-5+. The third-order valence-electron chi connectivity index (χ3n) is 2.58. The maximum absolute atomic E-state index is 13.3. The largest absolute Gasteiger partial charge is 0.487 e. The lowest BCUT2D eigenvalue weighted by atomic mass is 10.2. The lowest BCUT2D eigenvalue weighted by Gasteiger charge is -2.08. The van der Waals surface area contributed by atoms with E-state index < -0.39 is 5.97 Å². The molecule has 0 aliphatic carbocycles. The summed E-state index contributed by atoms with van der Waals surface area (Å²) in [7, 11) is 0. The Bertz CT molecular complexity index is 671. The molecule has 21 heavy (non-hydrogen) atoms. The monoisotopic (exact) mass is 351 g/mol. The Morgan fingerprint density at radius 2 is 2.19 bits per heavy atom. The summed E-state index contributed by atoms with van der Waals surface area (Å²) >= 11 is 3.16. The van der Waals surface area contributed by atoms with Gasteiger partial charge >= 0.3 is 5.97 Å². The smallest absolute Gasteiger partial charge is 0.328 e. The number of ether oxygens (including phenoxy) is 1. The lowest BCUT2D eigenvalue weighted by Crippen LogP contribution is -1.98. The van der Waals surface area contributed by atoms with Crippen molar-refractivity contribution in [3.63, 3.8) is 0 Å². The fourth-order valence-electron chi connectivity index (χ4n) is 1.55. The second-order valence-corrected chi connectivity index (χ2v) is 4.88. The zero-order valence-electron chi connectivity index (χ0n) is 10.8. The highest BCUT2D eigenvalue weighted by Crippen LogP contribution is 2.22. The second-order valence-electron chi connectivity index (χ2n) is 4.09. The van der Waals surface area contributed by atoms with E-state index in [1.165, 1.54) is 18.3 Å². The number of rotatable bonds is 5. The van der Waals surface area contributed by atoms with Crippen molar-refractivity contribution in [1.82, 2.24) is 4.98 Å². The van der Waals surface area contributed by atoms with Crippen LogP contribution in [0, 0.1) is 5.82 Å². The maximum Gasteiger partial charge on any atom is 0.328 e. The van der Waals surface area contributed by atoms with Gasteiger partial charge in [0.2, 0.25) is 0 Å². The molecule has 0 spiro atoms. The van der Waals surface area contributed by atoms with Gasteiger partial charge < -0.3 is 9.84 Å². The SMILES string of the molecule is O=C(O)/C=C/c1ccc(OCc2cccc(F)c2Br)cn1. The summed E-state index contributed by atoms with van der Waals surface area (Å²) in [6.07, 6.45) is 3.87. The molecule has 2 aromatic rings. The van der Waals surface area contributed by atoms with Crippen LogP contribution in [0.3, 0.4) is 0 Å². The number of hydrogen-bond acceptors (Lipinski definition) is 3. The normalized spacial score (nSPS) is 10.8. The average molecular weight is 352 g/mol. The molecule has 1 aromatic heterocycles. The molecule has 0 aliphatic heterocycles. The van der Waals surface area contributed by atoms with Crippen LogP contribution in [0.1, 0.15) is 11.3 Å². The first kappa shape index (κ1) is 15.2. The van der Waals surface area contributed by atoms with Crippen LogP contribution in [-0.2, 0) is 11.4 Å². The molecule has 0 aliphatic rings. The number of aromatic nitrogens is 1. The number of carboxylic acids is 1. The number of carboxylic acid groups (broad SMARTS) is 1. The first-order valence-corrected chi connectivity index (χ1v) is 6.78. The van der Waals surface area contributed by atoms with E-state index in [1.807, 2.05) is 0 Å². The Kier molecular flexibility index (Phi) is 5.05. The molecule has 0 saturated heterocycles. The Morgan fingerprint density at radius 1 is 1.38 bits per heavy atom. The minimum absolute atomic E-state index is 0.199. The van der Waals surface area contributed by atoms with Gasteiger partial charge in [-0.15, -0.1) is 0 Å². The van der Waals surface area contributed by atoms with Gasteiger partial charge in [-0.2, -0.15) is 0 Å². The van der Waals surface area contributed by atoms with Gasteiger partial charge in [0.05, 0.1) is 16.4 Å². The van der Waals surface area contributed by atoms with E-state index in [2.05, 4.69) is 20.9 Å². The van der Waals surface area contributed by atoms with E-state index in [0.29, 0.717) is 21.5 Å². The highest BCUT2D eigenvalue weighted by atomic mass is 79.9. The molecule has 0 radical (unpaired) electrons. The molecule has 1 N–H and O–H groups in total. The minimum Gasteiger partial charge on any atom is -0.487 e. The summed E-state index contributed by atoms with van der Waals surface area (Å²) in [5.74, 6) is -0.866. The van der Waals surface area contributed by atoms with Gasteiger partial charge in [0, 0.05) is 11.6 Å². The molecule has 4 nitrogen and oxygen atoms in total. The molecule has 0 amide bonds. The van der Waals surface area contributed by atoms with E-state index in [1.54, 1.807) is 24.3 Å². The number of pyridine rings is 1. The molecule has 0 unspecified atom stereocenters.